The average Bonchev–Trinajstić information content (AvgIpc) is 3.36. The van der Waals surface area contributed by atoms with Crippen LogP contribution in [-0.2, 0) is 0 Å². The van der Waals surface area contributed by atoms with E-state index in [2.05, 4.69) is 22.0 Å². The molecule has 2 unspecified atom stereocenters. The van der Waals surface area contributed by atoms with E-state index in [0.717, 1.165) is 36.9 Å². The van der Waals surface area contributed by atoms with Crippen LogP contribution in [0.1, 0.15) is 37.9 Å². The molecular formula is C20H32N4O2. The molecule has 144 valence electrons. The molecule has 6 nitrogen and oxygen atoms in total. The Bertz CT molecular complexity index is 601. The molecule has 1 aromatic rings. The molecule has 2 saturated heterocycles. The van der Waals surface area contributed by atoms with Crippen LogP contribution < -0.4 is 10.1 Å². The van der Waals surface area contributed by atoms with E-state index in [1.54, 1.807) is 7.11 Å². The van der Waals surface area contributed by atoms with Crippen molar-refractivity contribution in [3.63, 3.8) is 0 Å². The second kappa shape index (κ2) is 9.24. The first-order chi connectivity index (χ1) is 12.7. The van der Waals surface area contributed by atoms with Crippen LogP contribution in [0.3, 0.4) is 0 Å². The van der Waals surface area contributed by atoms with Crippen molar-refractivity contribution >= 4 is 5.96 Å². The number of likely N-dealkylation sites (tertiary alicyclic amines) is 2. The van der Waals surface area contributed by atoms with Crippen LogP contribution >= 0.6 is 0 Å². The van der Waals surface area contributed by atoms with Gasteiger partial charge in [0.15, 0.2) is 5.96 Å². The summed E-state index contributed by atoms with van der Waals surface area (Å²) in [6, 6.07) is 8.20. The van der Waals surface area contributed by atoms with Gasteiger partial charge in [0.25, 0.3) is 0 Å². The summed E-state index contributed by atoms with van der Waals surface area (Å²) in [4.78, 5) is 9.67. The molecule has 0 aromatic heterocycles. The molecular weight excluding hydrogens is 328 g/mol. The molecule has 0 aliphatic carbocycles. The number of hydrogen-bond donors (Lipinski definition) is 2. The second-order valence-corrected chi connectivity index (χ2v) is 7.12. The highest BCUT2D eigenvalue weighted by Gasteiger charge is 2.30. The smallest absolute Gasteiger partial charge is 0.194 e. The summed E-state index contributed by atoms with van der Waals surface area (Å²) in [5.74, 6) is 1.67. The van der Waals surface area contributed by atoms with Gasteiger partial charge in [0.2, 0.25) is 0 Å². The van der Waals surface area contributed by atoms with Crippen molar-refractivity contribution in [1.29, 1.82) is 0 Å². The molecule has 26 heavy (non-hydrogen) atoms. The minimum absolute atomic E-state index is 0.348. The molecule has 2 heterocycles. The number of aliphatic hydroxyl groups excluding tert-OH is 1. The number of nitrogens with one attached hydrogen (secondary N) is 1. The maximum absolute atomic E-state index is 10.5. The first-order valence-corrected chi connectivity index (χ1v) is 9.80. The summed E-state index contributed by atoms with van der Waals surface area (Å²) in [6.07, 6.45) is 3.23. The SMILES string of the molecule is CCNC(=NCC(O)c1cccc(OC)c1)N1CCC(N2CCCC2)C1. The zero-order valence-corrected chi connectivity index (χ0v) is 16.0. The van der Waals surface area contributed by atoms with Crippen LogP contribution in [0.15, 0.2) is 29.3 Å². The number of ether oxygens (including phenoxy) is 1. The van der Waals surface area contributed by atoms with Gasteiger partial charge < -0.3 is 20.1 Å². The lowest BCUT2D eigenvalue weighted by Gasteiger charge is -2.25. The average molecular weight is 361 g/mol. The maximum atomic E-state index is 10.5. The van der Waals surface area contributed by atoms with Crippen LogP contribution in [0, 0.1) is 0 Å². The van der Waals surface area contributed by atoms with Crippen LogP contribution in [0.5, 0.6) is 5.75 Å². The van der Waals surface area contributed by atoms with Gasteiger partial charge in [0.05, 0.1) is 19.8 Å². The van der Waals surface area contributed by atoms with Crippen molar-refractivity contribution in [2.45, 2.75) is 38.3 Å². The van der Waals surface area contributed by atoms with E-state index in [-0.39, 0.29) is 0 Å². The van der Waals surface area contributed by atoms with E-state index in [4.69, 9.17) is 9.73 Å². The van der Waals surface area contributed by atoms with E-state index < -0.39 is 6.10 Å². The van der Waals surface area contributed by atoms with Gasteiger partial charge in [-0.2, -0.15) is 0 Å². The first kappa shape index (κ1) is 19.0. The zero-order chi connectivity index (χ0) is 18.4. The van der Waals surface area contributed by atoms with Crippen LogP contribution in [0.25, 0.3) is 0 Å². The number of aliphatic hydroxyl groups is 1. The minimum Gasteiger partial charge on any atom is -0.497 e. The minimum atomic E-state index is -0.629. The van der Waals surface area contributed by atoms with E-state index in [1.807, 2.05) is 24.3 Å². The third kappa shape index (κ3) is 4.68. The lowest BCUT2D eigenvalue weighted by Crippen LogP contribution is -2.43. The summed E-state index contributed by atoms with van der Waals surface area (Å²) in [7, 11) is 1.64. The molecule has 0 bridgehead atoms. The van der Waals surface area contributed by atoms with Gasteiger partial charge in [0, 0.05) is 25.7 Å². The summed E-state index contributed by atoms with van der Waals surface area (Å²) < 4.78 is 5.24. The number of aliphatic imine (C=N–C) groups is 1. The van der Waals surface area contributed by atoms with Gasteiger partial charge in [-0.1, -0.05) is 12.1 Å². The van der Waals surface area contributed by atoms with Crippen molar-refractivity contribution in [1.82, 2.24) is 15.1 Å². The molecule has 6 heteroatoms. The van der Waals surface area contributed by atoms with Crippen LogP contribution in [-0.4, -0.2) is 73.3 Å². The molecule has 0 amide bonds. The molecule has 3 rings (SSSR count). The van der Waals surface area contributed by atoms with Crippen molar-refractivity contribution in [2.24, 2.45) is 4.99 Å². The largest absolute Gasteiger partial charge is 0.497 e. The van der Waals surface area contributed by atoms with Crippen LogP contribution in [0.4, 0.5) is 0 Å². The molecule has 0 spiro atoms. The van der Waals surface area contributed by atoms with E-state index in [1.165, 1.54) is 32.4 Å². The van der Waals surface area contributed by atoms with E-state index in [9.17, 15) is 5.11 Å². The Hall–Kier alpha value is -1.79. The Morgan fingerprint density at radius 3 is 2.88 bits per heavy atom. The molecule has 1 aromatic carbocycles. The molecule has 2 aliphatic heterocycles. The lowest BCUT2D eigenvalue weighted by molar-refractivity contribution is 0.186. The van der Waals surface area contributed by atoms with Crippen LogP contribution in [0.2, 0.25) is 0 Å². The monoisotopic (exact) mass is 360 g/mol. The van der Waals surface area contributed by atoms with Crippen molar-refractivity contribution in [2.75, 3.05) is 46.4 Å². The van der Waals surface area contributed by atoms with Gasteiger partial charge in [-0.05, 0) is 57.0 Å². The fourth-order valence-electron chi connectivity index (χ4n) is 3.89. The fraction of sp³-hybridized carbons (Fsp3) is 0.650. The van der Waals surface area contributed by atoms with Gasteiger partial charge in [-0.15, -0.1) is 0 Å². The Balaban J connectivity index is 1.61. The molecule has 2 aliphatic rings. The zero-order valence-electron chi connectivity index (χ0n) is 16.0. The number of guanidine groups is 1. The predicted molar refractivity (Wildman–Crippen MR) is 105 cm³/mol. The van der Waals surface area contributed by atoms with Gasteiger partial charge in [0.1, 0.15) is 5.75 Å². The second-order valence-electron chi connectivity index (χ2n) is 7.12. The Morgan fingerprint density at radius 2 is 2.15 bits per heavy atom. The fourth-order valence-corrected chi connectivity index (χ4v) is 3.89. The van der Waals surface area contributed by atoms with Crippen molar-refractivity contribution < 1.29 is 9.84 Å². The number of hydrogen-bond acceptors (Lipinski definition) is 4. The predicted octanol–water partition coefficient (Wildman–Crippen LogP) is 1.86. The third-order valence-electron chi connectivity index (χ3n) is 5.35. The summed E-state index contributed by atoms with van der Waals surface area (Å²) in [5, 5.41) is 13.9. The standard InChI is InChI=1S/C20H32N4O2/c1-3-21-20(24-12-9-17(15-24)23-10-4-5-11-23)22-14-19(25)16-7-6-8-18(13-16)26-2/h6-8,13,17,19,25H,3-5,9-12,14-15H2,1-2H3,(H,21,22). The topological polar surface area (TPSA) is 60.3 Å². The van der Waals surface area contributed by atoms with Gasteiger partial charge in [-0.3, -0.25) is 9.89 Å². The third-order valence-corrected chi connectivity index (χ3v) is 5.35. The molecule has 2 fully saturated rings. The summed E-state index contributed by atoms with van der Waals surface area (Å²) >= 11 is 0. The Kier molecular flexibility index (Phi) is 6.74. The molecule has 2 atom stereocenters. The molecule has 0 radical (unpaired) electrons. The highest BCUT2D eigenvalue weighted by atomic mass is 16.5. The van der Waals surface area contributed by atoms with Crippen molar-refractivity contribution in [3.8, 4) is 5.75 Å². The summed E-state index contributed by atoms with van der Waals surface area (Å²) in [5.41, 5.74) is 0.834. The molecule has 2 N–H and O–H groups in total. The van der Waals surface area contributed by atoms with Crippen molar-refractivity contribution in [3.05, 3.63) is 29.8 Å². The number of methoxy groups -OCH3 is 1. The Labute approximate surface area is 156 Å². The first-order valence-electron chi connectivity index (χ1n) is 9.80. The van der Waals surface area contributed by atoms with Gasteiger partial charge in [-0.25, -0.2) is 0 Å². The quantitative estimate of drug-likeness (QED) is 0.599. The Morgan fingerprint density at radius 1 is 1.35 bits per heavy atom. The van der Waals surface area contributed by atoms with Gasteiger partial charge >= 0.3 is 0 Å². The summed E-state index contributed by atoms with van der Waals surface area (Å²) in [6.45, 7) is 7.80. The van der Waals surface area contributed by atoms with E-state index in [0.29, 0.717) is 12.6 Å². The highest BCUT2D eigenvalue weighted by molar-refractivity contribution is 5.80. The number of nitrogens with zero attached hydrogens (tertiary/aromatic N) is 3. The number of benzene rings is 1. The highest BCUT2D eigenvalue weighted by Crippen LogP contribution is 2.22. The molecule has 0 saturated carbocycles. The number of rotatable bonds is 6. The maximum Gasteiger partial charge on any atom is 0.194 e. The van der Waals surface area contributed by atoms with E-state index >= 15 is 0 Å². The lowest BCUT2D eigenvalue weighted by atomic mass is 10.1. The normalized spacial score (nSPS) is 22.7.